The summed E-state index contributed by atoms with van der Waals surface area (Å²) in [7, 11) is 0. The van der Waals surface area contributed by atoms with Crippen molar-refractivity contribution in [2.75, 3.05) is 11.9 Å². The van der Waals surface area contributed by atoms with Crippen molar-refractivity contribution < 1.29 is 0 Å². The van der Waals surface area contributed by atoms with Gasteiger partial charge >= 0.3 is 0 Å². The fourth-order valence-electron chi connectivity index (χ4n) is 3.56. The van der Waals surface area contributed by atoms with Crippen molar-refractivity contribution in [3.63, 3.8) is 0 Å². The molecule has 5 heteroatoms. The molecule has 0 saturated carbocycles. The highest BCUT2D eigenvalue weighted by atomic mass is 15.2. The van der Waals surface area contributed by atoms with Gasteiger partial charge in [0.05, 0.1) is 12.5 Å². The zero-order chi connectivity index (χ0) is 26.4. The van der Waals surface area contributed by atoms with Gasteiger partial charge in [0.1, 0.15) is 5.52 Å². The summed E-state index contributed by atoms with van der Waals surface area (Å²) >= 11 is 0. The third kappa shape index (κ3) is 14.2. The van der Waals surface area contributed by atoms with E-state index in [4.69, 9.17) is 0 Å². The molecule has 0 saturated heterocycles. The Morgan fingerprint density at radius 2 is 1.35 bits per heavy atom. The minimum atomic E-state index is 0.658. The van der Waals surface area contributed by atoms with Crippen molar-refractivity contribution >= 4 is 17.1 Å². The standard InChI is InChI=1S/C32H47N5/c1-4-5-6-7-8-9-10-11-12-13-14-15-16-17-18-19-20-21-22-23-25-33-32-34-27-30-31(36-32)37(28-35-30)26-24-29(2)3/h5-6,8-9,11-12,14-15,17-18,20-21,27-29H,4,7,10,13,16,19,22-26H2,1-3H3,(H,33,34,36)/b6-5-,9-8-,12-11-,15-14-,18-17-,21-20-. The molecule has 37 heavy (non-hydrogen) atoms. The number of aryl methyl sites for hydroxylation is 1. The first-order valence-corrected chi connectivity index (χ1v) is 14.0. The molecule has 2 rings (SSSR count). The van der Waals surface area contributed by atoms with Crippen LogP contribution in [0.3, 0.4) is 0 Å². The van der Waals surface area contributed by atoms with Crippen molar-refractivity contribution in [3.8, 4) is 0 Å². The highest BCUT2D eigenvalue weighted by molar-refractivity contribution is 5.70. The molecule has 0 spiro atoms. The number of allylic oxidation sites excluding steroid dienone is 12. The summed E-state index contributed by atoms with van der Waals surface area (Å²) in [5, 5.41) is 3.35. The maximum absolute atomic E-state index is 4.67. The zero-order valence-electron chi connectivity index (χ0n) is 23.2. The number of anilines is 1. The average Bonchev–Trinajstić information content (AvgIpc) is 3.30. The van der Waals surface area contributed by atoms with Crippen LogP contribution in [0.1, 0.15) is 78.6 Å². The van der Waals surface area contributed by atoms with Crippen molar-refractivity contribution in [2.45, 2.75) is 85.1 Å². The Labute approximate surface area is 224 Å². The molecule has 0 aliphatic heterocycles. The molecule has 0 aliphatic carbocycles. The molecule has 0 unspecified atom stereocenters. The predicted molar refractivity (Wildman–Crippen MR) is 161 cm³/mol. The van der Waals surface area contributed by atoms with Gasteiger partial charge in [-0.2, -0.15) is 4.98 Å². The number of hydrogen-bond acceptors (Lipinski definition) is 4. The number of fused-ring (bicyclic) bond motifs is 1. The van der Waals surface area contributed by atoms with Crippen LogP contribution in [0.5, 0.6) is 0 Å². The van der Waals surface area contributed by atoms with Gasteiger partial charge < -0.3 is 9.88 Å². The first-order chi connectivity index (χ1) is 18.2. The molecular formula is C32H47N5. The van der Waals surface area contributed by atoms with E-state index in [1.54, 1.807) is 0 Å². The topological polar surface area (TPSA) is 55.6 Å². The van der Waals surface area contributed by atoms with Crippen LogP contribution in [-0.2, 0) is 6.54 Å². The van der Waals surface area contributed by atoms with Gasteiger partial charge in [-0.05, 0) is 63.7 Å². The Bertz CT molecular complexity index is 1040. The fourth-order valence-corrected chi connectivity index (χ4v) is 3.56. The Morgan fingerprint density at radius 1 is 0.784 bits per heavy atom. The van der Waals surface area contributed by atoms with E-state index in [9.17, 15) is 0 Å². The van der Waals surface area contributed by atoms with Gasteiger partial charge in [0.15, 0.2) is 5.65 Å². The smallest absolute Gasteiger partial charge is 0.224 e. The molecular weight excluding hydrogens is 454 g/mol. The maximum Gasteiger partial charge on any atom is 0.224 e. The van der Waals surface area contributed by atoms with Crippen molar-refractivity contribution in [3.05, 3.63) is 85.4 Å². The third-order valence-corrected chi connectivity index (χ3v) is 5.73. The van der Waals surface area contributed by atoms with E-state index in [0.29, 0.717) is 11.9 Å². The van der Waals surface area contributed by atoms with Gasteiger partial charge in [0.2, 0.25) is 5.95 Å². The van der Waals surface area contributed by atoms with Gasteiger partial charge in [0.25, 0.3) is 0 Å². The number of nitrogens with one attached hydrogen (secondary N) is 1. The predicted octanol–water partition coefficient (Wildman–Crippen LogP) is 8.76. The van der Waals surface area contributed by atoms with Gasteiger partial charge in [-0.15, -0.1) is 0 Å². The van der Waals surface area contributed by atoms with E-state index >= 15 is 0 Å². The van der Waals surface area contributed by atoms with E-state index in [1.165, 1.54) is 0 Å². The molecule has 0 bridgehead atoms. The third-order valence-electron chi connectivity index (χ3n) is 5.73. The van der Waals surface area contributed by atoms with Gasteiger partial charge in [-0.3, -0.25) is 0 Å². The molecule has 0 fully saturated rings. The molecule has 0 atom stereocenters. The lowest BCUT2D eigenvalue weighted by atomic mass is 10.1. The Hall–Kier alpha value is -3.21. The van der Waals surface area contributed by atoms with Crippen molar-refractivity contribution in [1.29, 1.82) is 0 Å². The summed E-state index contributed by atoms with van der Waals surface area (Å²) in [6.45, 7) is 8.43. The van der Waals surface area contributed by atoms with E-state index in [0.717, 1.165) is 82.0 Å². The summed E-state index contributed by atoms with van der Waals surface area (Å²) < 4.78 is 2.12. The summed E-state index contributed by atoms with van der Waals surface area (Å²) in [6.07, 6.45) is 39.8. The van der Waals surface area contributed by atoms with Crippen LogP contribution in [0.2, 0.25) is 0 Å². The molecule has 1 N–H and O–H groups in total. The van der Waals surface area contributed by atoms with E-state index < -0.39 is 0 Å². The van der Waals surface area contributed by atoms with Crippen LogP contribution in [0.4, 0.5) is 5.95 Å². The molecule has 200 valence electrons. The summed E-state index contributed by atoms with van der Waals surface area (Å²) in [4.78, 5) is 13.5. The maximum atomic E-state index is 4.67. The second-order valence-electron chi connectivity index (χ2n) is 9.51. The lowest BCUT2D eigenvalue weighted by molar-refractivity contribution is 0.521. The Morgan fingerprint density at radius 3 is 1.92 bits per heavy atom. The second-order valence-corrected chi connectivity index (χ2v) is 9.51. The quantitative estimate of drug-likeness (QED) is 0.154. The summed E-state index contributed by atoms with van der Waals surface area (Å²) in [5.74, 6) is 1.34. The minimum absolute atomic E-state index is 0.658. The number of unbranched alkanes of at least 4 members (excludes halogenated alkanes) is 1. The molecule has 0 aliphatic rings. The van der Waals surface area contributed by atoms with Crippen molar-refractivity contribution in [2.24, 2.45) is 5.92 Å². The highest BCUT2D eigenvalue weighted by Crippen LogP contribution is 2.13. The van der Waals surface area contributed by atoms with E-state index in [1.807, 2.05) is 12.5 Å². The van der Waals surface area contributed by atoms with Crippen LogP contribution < -0.4 is 5.32 Å². The normalized spacial score (nSPS) is 13.0. The largest absolute Gasteiger partial charge is 0.354 e. The fraction of sp³-hybridized carbons (Fsp3) is 0.469. The summed E-state index contributed by atoms with van der Waals surface area (Å²) in [6, 6.07) is 0. The first kappa shape index (κ1) is 30.0. The molecule has 2 heterocycles. The molecule has 0 radical (unpaired) electrons. The van der Waals surface area contributed by atoms with Gasteiger partial charge in [0, 0.05) is 13.1 Å². The number of nitrogens with zero attached hydrogens (tertiary/aromatic N) is 4. The number of imidazole rings is 1. The SMILES string of the molecule is CC/C=C\C/C=C\C/C=C\C/C=C\C/C=C\C/C=C\CCCNc1ncc2ncn(CCC(C)C)c2n1. The zero-order valence-corrected chi connectivity index (χ0v) is 23.2. The molecule has 0 amide bonds. The lowest BCUT2D eigenvalue weighted by Gasteiger charge is -2.07. The van der Waals surface area contributed by atoms with E-state index in [-0.39, 0.29) is 0 Å². The minimum Gasteiger partial charge on any atom is -0.354 e. The molecule has 0 aromatic carbocycles. The average molecular weight is 502 g/mol. The van der Waals surface area contributed by atoms with Crippen LogP contribution in [-0.4, -0.2) is 26.1 Å². The monoisotopic (exact) mass is 501 g/mol. The number of aromatic nitrogens is 4. The molecule has 2 aromatic rings. The second kappa shape index (κ2) is 19.9. The Balaban J connectivity index is 1.50. The van der Waals surface area contributed by atoms with Crippen LogP contribution in [0, 0.1) is 5.92 Å². The van der Waals surface area contributed by atoms with Crippen LogP contribution in [0.25, 0.3) is 11.2 Å². The summed E-state index contributed by atoms with van der Waals surface area (Å²) in [5.41, 5.74) is 1.77. The molecule has 2 aromatic heterocycles. The van der Waals surface area contributed by atoms with Crippen LogP contribution in [0.15, 0.2) is 85.4 Å². The van der Waals surface area contributed by atoms with Crippen LogP contribution >= 0.6 is 0 Å². The number of hydrogen-bond donors (Lipinski definition) is 1. The lowest BCUT2D eigenvalue weighted by Crippen LogP contribution is -2.07. The van der Waals surface area contributed by atoms with Crippen molar-refractivity contribution in [1.82, 2.24) is 19.5 Å². The van der Waals surface area contributed by atoms with Gasteiger partial charge in [-0.1, -0.05) is 93.7 Å². The Kier molecular flexibility index (Phi) is 16.2. The van der Waals surface area contributed by atoms with E-state index in [2.05, 4.69) is 119 Å². The molecule has 5 nitrogen and oxygen atoms in total. The van der Waals surface area contributed by atoms with Gasteiger partial charge in [-0.25, -0.2) is 9.97 Å². The highest BCUT2D eigenvalue weighted by Gasteiger charge is 2.07. The first-order valence-electron chi connectivity index (χ1n) is 14.0. The number of rotatable bonds is 19.